The van der Waals surface area contributed by atoms with Crippen LogP contribution in [0, 0.1) is 5.92 Å². The quantitative estimate of drug-likeness (QED) is 0.100. The number of amides is 7. The van der Waals surface area contributed by atoms with Crippen molar-refractivity contribution in [1.29, 1.82) is 0 Å². The van der Waals surface area contributed by atoms with Crippen molar-refractivity contribution in [2.45, 2.75) is 114 Å². The van der Waals surface area contributed by atoms with E-state index in [0.717, 1.165) is 6.07 Å². The first-order chi connectivity index (χ1) is 39.5. The molecule has 0 aliphatic carbocycles. The van der Waals surface area contributed by atoms with Gasteiger partial charge in [0.05, 0.1) is 35.3 Å². The van der Waals surface area contributed by atoms with Gasteiger partial charge in [0.2, 0.25) is 53.4 Å². The summed E-state index contributed by atoms with van der Waals surface area (Å²) in [4.78, 5) is 101. The van der Waals surface area contributed by atoms with Gasteiger partial charge in [0.1, 0.15) is 65.1 Å². The van der Waals surface area contributed by atoms with E-state index in [0.29, 0.717) is 12.0 Å². The molecule has 3 unspecified atom stereocenters. The van der Waals surface area contributed by atoms with Gasteiger partial charge in [0, 0.05) is 49.4 Å². The van der Waals surface area contributed by atoms with Gasteiger partial charge in [-0.1, -0.05) is 55.2 Å². The highest BCUT2D eigenvalue weighted by atomic mass is 35.5. The molecule has 6 heterocycles. The van der Waals surface area contributed by atoms with E-state index in [1.54, 1.807) is 0 Å². The van der Waals surface area contributed by atoms with Crippen LogP contribution in [0.25, 0.3) is 11.1 Å². The van der Waals surface area contributed by atoms with Crippen molar-refractivity contribution in [3.05, 3.63) is 117 Å². The average molecular weight is 1190 g/mol. The van der Waals surface area contributed by atoms with Crippen molar-refractivity contribution in [2.75, 3.05) is 6.61 Å². The number of fused-ring (bicyclic) bond motifs is 15. The number of hydrogen-bond donors (Lipinski definition) is 13. The fourth-order valence-electron chi connectivity index (χ4n) is 10.0. The molecule has 6 aliphatic rings. The average Bonchev–Trinajstić information content (AvgIpc) is 3.61. The summed E-state index contributed by atoms with van der Waals surface area (Å²) in [5.41, 5.74) is 5.64. The molecule has 0 saturated carbocycles. The number of rotatable bonds is 9. The topological polar surface area (TPSA) is 376 Å². The second-order valence-corrected chi connectivity index (χ2v) is 21.7. The smallest absolute Gasteiger partial charge is 0.248 e. The molecule has 0 radical (unpaired) electrons. The molecule has 1 saturated heterocycles. The number of phenolic OH excluding ortho intramolecular Hbond substituents is 3. The molecule has 26 heteroatoms. The van der Waals surface area contributed by atoms with E-state index in [-0.39, 0.29) is 110 Å². The summed E-state index contributed by atoms with van der Waals surface area (Å²) in [6, 6.07) is 7.43. The molecule has 83 heavy (non-hydrogen) atoms. The van der Waals surface area contributed by atoms with E-state index in [1.165, 1.54) is 72.8 Å². The van der Waals surface area contributed by atoms with E-state index in [9.17, 15) is 54.6 Å². The van der Waals surface area contributed by atoms with Crippen molar-refractivity contribution in [3.63, 3.8) is 0 Å². The van der Waals surface area contributed by atoms with E-state index in [2.05, 4.69) is 31.9 Å². The summed E-state index contributed by atoms with van der Waals surface area (Å²) in [5, 5.41) is 81.5. The number of aliphatic hydroxyl groups is 3. The van der Waals surface area contributed by atoms with Gasteiger partial charge < -0.3 is 87.2 Å². The summed E-state index contributed by atoms with van der Waals surface area (Å²) in [6.45, 7) is 2.88. The van der Waals surface area contributed by atoms with Crippen molar-refractivity contribution in [2.24, 2.45) is 11.7 Å². The lowest BCUT2D eigenvalue weighted by atomic mass is 9.92. The monoisotopic (exact) mass is 1180 g/mol. The summed E-state index contributed by atoms with van der Waals surface area (Å²) in [7, 11) is 0. The molecule has 9 atom stereocenters. The summed E-state index contributed by atoms with van der Waals surface area (Å²) in [6.07, 6.45) is -6.18. The lowest BCUT2D eigenvalue weighted by molar-refractivity contribution is -0.185. The highest BCUT2D eigenvalue weighted by molar-refractivity contribution is 6.32. The molecule has 438 valence electrons. The highest BCUT2D eigenvalue weighted by Gasteiger charge is 2.40. The number of primary amides is 1. The standard InChI is InChI=1S/C57H59Cl2N7O17/c1-24(2)3-10-45(73)64-50-51(74)27-6-9-41(35(59)15-27)82-43-17-28-16-42(52(43)83-46-20-31(69)18-32(23-67)80-46)81-40-8-4-25(11-34(40)58)12-36-53(75)61-22-29-13-30(68)19-39(71)47(29)33-14-26(5-7-38(33)70)48(55(77)62-36)66-56(78)49(28)65-54(76)37(21-44(60)72)63-57(50)79/h4-9,11,13-17,19,24,31-32,36-37,46,48-51,67-71,74H,3,10,12,18,20-23H2,1-2H3,(H2,60,72)(H,61,75)(H,62,77)(H,63,79)(H,64,73)(H,65,76)(H,66,78)/t31-,32-,36-,37?,46-,48+,49?,50?,51+/m0/s1. The lowest BCUT2D eigenvalue weighted by Gasteiger charge is -2.33. The van der Waals surface area contributed by atoms with Crippen LogP contribution in [0.3, 0.4) is 0 Å². The van der Waals surface area contributed by atoms with Crippen LogP contribution in [-0.4, -0.2) is 115 Å². The predicted octanol–water partition coefficient (Wildman–Crippen LogP) is 3.61. The summed E-state index contributed by atoms with van der Waals surface area (Å²) >= 11 is 13.9. The van der Waals surface area contributed by atoms with Gasteiger partial charge in [-0.05, 0) is 94.8 Å². The molecule has 1 fully saturated rings. The van der Waals surface area contributed by atoms with Gasteiger partial charge in [0.15, 0.2) is 11.5 Å². The number of hydrogen-bond acceptors (Lipinski definition) is 17. The van der Waals surface area contributed by atoms with Crippen LogP contribution in [0.15, 0.2) is 78.9 Å². The van der Waals surface area contributed by atoms with E-state index >= 15 is 9.59 Å². The molecule has 5 aromatic carbocycles. The van der Waals surface area contributed by atoms with E-state index in [1.807, 2.05) is 13.8 Å². The lowest BCUT2D eigenvalue weighted by Crippen LogP contribution is -2.57. The number of aliphatic hydroxyl groups excluding tert-OH is 3. The molecular weight excluding hydrogens is 1130 g/mol. The summed E-state index contributed by atoms with van der Waals surface area (Å²) in [5.74, 6) is -9.82. The molecule has 24 nitrogen and oxygen atoms in total. The number of carbonyl (C=O) groups excluding carboxylic acids is 7. The van der Waals surface area contributed by atoms with Crippen molar-refractivity contribution in [1.82, 2.24) is 31.9 Å². The first-order valence-corrected chi connectivity index (χ1v) is 27.1. The van der Waals surface area contributed by atoms with E-state index < -0.39 is 126 Å². The Balaban J connectivity index is 1.28. The van der Waals surface area contributed by atoms with Crippen LogP contribution in [-0.2, 0) is 51.3 Å². The number of nitrogens with two attached hydrogens (primary N) is 1. The molecule has 11 rings (SSSR count). The Morgan fingerprint density at radius 3 is 2.07 bits per heavy atom. The van der Waals surface area contributed by atoms with Gasteiger partial charge in [-0.15, -0.1) is 0 Å². The number of benzene rings is 5. The number of carbonyl (C=O) groups is 7. The van der Waals surface area contributed by atoms with Crippen LogP contribution in [0.2, 0.25) is 10.0 Å². The number of phenols is 3. The minimum Gasteiger partial charge on any atom is -0.508 e. The fraction of sp³-hybridized carbons (Fsp3) is 0.351. The molecule has 0 spiro atoms. The maximum absolute atomic E-state index is 15.6. The Morgan fingerprint density at radius 2 is 1.40 bits per heavy atom. The maximum Gasteiger partial charge on any atom is 0.248 e. The summed E-state index contributed by atoms with van der Waals surface area (Å²) < 4.78 is 25.6. The van der Waals surface area contributed by atoms with Gasteiger partial charge in [-0.3, -0.25) is 33.6 Å². The van der Waals surface area contributed by atoms with Gasteiger partial charge in [0.25, 0.3) is 0 Å². The van der Waals surface area contributed by atoms with Gasteiger partial charge >= 0.3 is 0 Å². The Morgan fingerprint density at radius 1 is 0.735 bits per heavy atom. The second kappa shape index (κ2) is 25.0. The van der Waals surface area contributed by atoms with Crippen molar-refractivity contribution in [3.8, 4) is 57.1 Å². The third kappa shape index (κ3) is 13.6. The molecule has 6 aliphatic heterocycles. The molecule has 5 aromatic rings. The van der Waals surface area contributed by atoms with Gasteiger partial charge in [-0.2, -0.15) is 0 Å². The molecule has 11 bridgehead atoms. The number of aromatic hydroxyl groups is 3. The Bertz CT molecular complexity index is 3400. The number of nitrogens with one attached hydrogen (secondary N) is 6. The minimum atomic E-state index is -2.08. The van der Waals surface area contributed by atoms with Crippen LogP contribution in [0.5, 0.6) is 46.0 Å². The van der Waals surface area contributed by atoms with Crippen molar-refractivity contribution >= 4 is 64.6 Å². The molecular formula is C57H59Cl2N7O17. The van der Waals surface area contributed by atoms with E-state index in [4.69, 9.17) is 47.9 Å². The molecule has 7 amide bonds. The maximum atomic E-state index is 15.6. The number of halogens is 2. The van der Waals surface area contributed by atoms with Crippen LogP contribution < -0.4 is 51.8 Å². The van der Waals surface area contributed by atoms with Crippen LogP contribution in [0.4, 0.5) is 0 Å². The van der Waals surface area contributed by atoms with Crippen LogP contribution >= 0.6 is 23.2 Å². The first-order valence-electron chi connectivity index (χ1n) is 26.4. The van der Waals surface area contributed by atoms with Gasteiger partial charge in [-0.25, -0.2) is 0 Å². The Kier molecular flexibility index (Phi) is 17.8. The highest BCUT2D eigenvalue weighted by Crippen LogP contribution is 2.48. The second-order valence-electron chi connectivity index (χ2n) is 20.9. The minimum absolute atomic E-state index is 0.0321. The zero-order chi connectivity index (χ0) is 59.6. The Labute approximate surface area is 483 Å². The molecule has 14 N–H and O–H groups in total. The SMILES string of the molecule is CC(C)CCC(=O)NC1C(=O)NC(CC(N)=O)C(=O)NC2C(=O)N[C@H]3C(=O)N[C@@H](Cc4ccc(c(Cl)c4)Oc4cc2cc(c4O[C@H]2C[C@@H](O)C[C@@H](CO)O2)Oc2ccc(cc2Cl)[C@H]1O)C(=O)NCc1cc(O)cc(O)c1-c1cc3ccc1O. The zero-order valence-corrected chi connectivity index (χ0v) is 46.0. The third-order valence-corrected chi connectivity index (χ3v) is 14.8. The first kappa shape index (κ1) is 59.2. The zero-order valence-electron chi connectivity index (χ0n) is 44.4. The predicted molar refractivity (Wildman–Crippen MR) is 294 cm³/mol. The molecule has 0 aromatic heterocycles. The third-order valence-electron chi connectivity index (χ3n) is 14.2. The largest absolute Gasteiger partial charge is 0.508 e. The fourth-order valence-corrected chi connectivity index (χ4v) is 10.5. The Hall–Kier alpha value is -8.39. The van der Waals surface area contributed by atoms with Crippen LogP contribution in [0.1, 0.15) is 92.0 Å². The normalized spacial score (nSPS) is 23.7. The van der Waals surface area contributed by atoms with Crippen molar-refractivity contribution < 1.29 is 83.1 Å². The number of ether oxygens (including phenoxy) is 4.